The Bertz CT molecular complexity index is 389. The van der Waals surface area contributed by atoms with E-state index in [0.29, 0.717) is 12.8 Å². The summed E-state index contributed by atoms with van der Waals surface area (Å²) in [6.45, 7) is 6.12. The third-order valence-electron chi connectivity index (χ3n) is 3.28. The van der Waals surface area contributed by atoms with Crippen LogP contribution < -0.4 is 10.5 Å². The predicted octanol–water partition coefficient (Wildman–Crippen LogP) is 3.40. The molecule has 3 N–H and O–H groups in total. The Hall–Kier alpha value is -0.580. The smallest absolute Gasteiger partial charge is 0.125 e. The van der Waals surface area contributed by atoms with Gasteiger partial charge in [0.1, 0.15) is 12.4 Å². The average molecular weight is 316 g/mol. The van der Waals surface area contributed by atoms with E-state index in [1.807, 2.05) is 39.0 Å². The van der Waals surface area contributed by atoms with Gasteiger partial charge in [0.05, 0.1) is 5.60 Å². The van der Waals surface area contributed by atoms with E-state index in [-0.39, 0.29) is 12.6 Å². The van der Waals surface area contributed by atoms with Crippen molar-refractivity contribution in [2.24, 2.45) is 5.73 Å². The lowest BCUT2D eigenvalue weighted by molar-refractivity contribution is -0.0116. The summed E-state index contributed by atoms with van der Waals surface area (Å²) >= 11 is 3.42. The first-order valence-corrected chi connectivity index (χ1v) is 7.11. The van der Waals surface area contributed by atoms with Gasteiger partial charge in [-0.25, -0.2) is 0 Å². The Labute approximate surface area is 117 Å². The molecule has 1 rings (SSSR count). The van der Waals surface area contributed by atoms with E-state index in [9.17, 15) is 5.11 Å². The Morgan fingerprint density at radius 1 is 1.39 bits per heavy atom. The number of rotatable bonds is 6. The number of benzene rings is 1. The van der Waals surface area contributed by atoms with Gasteiger partial charge in [-0.05, 0) is 31.9 Å². The molecule has 0 bridgehead atoms. The van der Waals surface area contributed by atoms with Crippen molar-refractivity contribution in [3.63, 3.8) is 0 Å². The maximum Gasteiger partial charge on any atom is 0.125 e. The first-order valence-electron chi connectivity index (χ1n) is 6.32. The third kappa shape index (κ3) is 3.97. The van der Waals surface area contributed by atoms with Crippen molar-refractivity contribution < 1.29 is 9.84 Å². The molecule has 3 nitrogen and oxygen atoms in total. The first kappa shape index (κ1) is 15.5. The summed E-state index contributed by atoms with van der Waals surface area (Å²) in [6, 6.07) is 5.69. The fourth-order valence-corrected chi connectivity index (χ4v) is 2.02. The van der Waals surface area contributed by atoms with Gasteiger partial charge < -0.3 is 15.6 Å². The Balaban J connectivity index is 2.86. The molecule has 0 spiro atoms. The van der Waals surface area contributed by atoms with Gasteiger partial charge in [0.25, 0.3) is 0 Å². The summed E-state index contributed by atoms with van der Waals surface area (Å²) in [4.78, 5) is 0. The van der Waals surface area contributed by atoms with Gasteiger partial charge in [0.2, 0.25) is 0 Å². The monoisotopic (exact) mass is 315 g/mol. The minimum absolute atomic E-state index is 0.0931. The van der Waals surface area contributed by atoms with Crippen LogP contribution in [0.25, 0.3) is 0 Å². The molecule has 0 saturated heterocycles. The van der Waals surface area contributed by atoms with Crippen LogP contribution in [-0.2, 0) is 0 Å². The van der Waals surface area contributed by atoms with Crippen molar-refractivity contribution in [2.75, 3.05) is 6.61 Å². The van der Waals surface area contributed by atoms with Crippen LogP contribution in [0.2, 0.25) is 0 Å². The molecule has 0 aliphatic heterocycles. The molecule has 102 valence electrons. The van der Waals surface area contributed by atoms with E-state index >= 15 is 0 Å². The highest BCUT2D eigenvalue weighted by molar-refractivity contribution is 9.10. The normalized spacial score (nSPS) is 13.4. The van der Waals surface area contributed by atoms with Gasteiger partial charge in [-0.1, -0.05) is 35.8 Å². The van der Waals surface area contributed by atoms with Crippen molar-refractivity contribution >= 4 is 15.9 Å². The maximum absolute atomic E-state index is 10.2. The zero-order chi connectivity index (χ0) is 13.8. The highest BCUT2D eigenvalue weighted by Gasteiger charge is 2.23. The zero-order valence-electron chi connectivity index (χ0n) is 11.2. The quantitative estimate of drug-likeness (QED) is 0.846. The van der Waals surface area contributed by atoms with Crippen LogP contribution in [0.4, 0.5) is 0 Å². The predicted molar refractivity (Wildman–Crippen MR) is 77.8 cm³/mol. The van der Waals surface area contributed by atoms with Crippen molar-refractivity contribution in [1.82, 2.24) is 0 Å². The summed E-state index contributed by atoms with van der Waals surface area (Å²) in [6.07, 6.45) is 1.34. The Kier molecular flexibility index (Phi) is 5.63. The molecule has 0 radical (unpaired) electrons. The van der Waals surface area contributed by atoms with E-state index in [4.69, 9.17) is 10.5 Å². The van der Waals surface area contributed by atoms with Gasteiger partial charge in [-0.15, -0.1) is 0 Å². The Morgan fingerprint density at radius 2 is 2.00 bits per heavy atom. The number of nitrogens with two attached hydrogens (primary N) is 1. The second-order valence-electron chi connectivity index (χ2n) is 4.69. The number of aliphatic hydroxyl groups is 1. The average Bonchev–Trinajstić information content (AvgIpc) is 2.35. The van der Waals surface area contributed by atoms with Crippen LogP contribution in [0.1, 0.15) is 45.2 Å². The molecule has 0 aliphatic carbocycles. The van der Waals surface area contributed by atoms with Crippen molar-refractivity contribution in [1.29, 1.82) is 0 Å². The molecule has 18 heavy (non-hydrogen) atoms. The summed E-state index contributed by atoms with van der Waals surface area (Å²) in [5, 5.41) is 10.2. The highest BCUT2D eigenvalue weighted by Crippen LogP contribution is 2.29. The van der Waals surface area contributed by atoms with Gasteiger partial charge in [-0.2, -0.15) is 0 Å². The number of halogens is 1. The second-order valence-corrected chi connectivity index (χ2v) is 5.61. The van der Waals surface area contributed by atoms with Gasteiger partial charge in [0.15, 0.2) is 0 Å². The topological polar surface area (TPSA) is 55.5 Å². The summed E-state index contributed by atoms with van der Waals surface area (Å²) < 4.78 is 6.71. The van der Waals surface area contributed by atoms with Crippen molar-refractivity contribution in [2.45, 2.75) is 45.3 Å². The van der Waals surface area contributed by atoms with Gasteiger partial charge >= 0.3 is 0 Å². The minimum Gasteiger partial charge on any atom is -0.490 e. The van der Waals surface area contributed by atoms with E-state index < -0.39 is 5.60 Å². The zero-order valence-corrected chi connectivity index (χ0v) is 12.8. The standard InChI is InChI=1S/C14H22BrNO2/c1-4-14(17,5-2)9-18-13-8-11(15)6-7-12(13)10(3)16/h6-8,10,17H,4-5,9,16H2,1-3H3. The van der Waals surface area contributed by atoms with Crippen LogP contribution in [-0.4, -0.2) is 17.3 Å². The number of hydrogen-bond acceptors (Lipinski definition) is 3. The molecule has 1 aromatic carbocycles. The molecule has 0 saturated carbocycles. The van der Waals surface area contributed by atoms with Crippen LogP contribution >= 0.6 is 15.9 Å². The molecule has 1 unspecified atom stereocenters. The molecule has 4 heteroatoms. The SMILES string of the molecule is CCC(O)(CC)COc1cc(Br)ccc1C(C)N. The number of ether oxygens (including phenoxy) is 1. The lowest BCUT2D eigenvalue weighted by Gasteiger charge is -2.26. The van der Waals surface area contributed by atoms with E-state index in [0.717, 1.165) is 15.8 Å². The Morgan fingerprint density at radius 3 is 2.50 bits per heavy atom. The van der Waals surface area contributed by atoms with Crippen LogP contribution in [0.15, 0.2) is 22.7 Å². The van der Waals surface area contributed by atoms with Crippen molar-refractivity contribution in [3.8, 4) is 5.75 Å². The molecular formula is C14H22BrNO2. The minimum atomic E-state index is -0.766. The van der Waals surface area contributed by atoms with Gasteiger partial charge in [-0.3, -0.25) is 0 Å². The largest absolute Gasteiger partial charge is 0.490 e. The molecular weight excluding hydrogens is 294 g/mol. The summed E-state index contributed by atoms with van der Waals surface area (Å²) in [7, 11) is 0. The lowest BCUT2D eigenvalue weighted by atomic mass is 9.99. The second kappa shape index (κ2) is 6.55. The molecule has 0 heterocycles. The van der Waals surface area contributed by atoms with E-state index in [1.54, 1.807) is 0 Å². The van der Waals surface area contributed by atoms with Crippen LogP contribution in [0.5, 0.6) is 5.75 Å². The van der Waals surface area contributed by atoms with E-state index in [2.05, 4.69) is 15.9 Å². The van der Waals surface area contributed by atoms with Crippen LogP contribution in [0.3, 0.4) is 0 Å². The summed E-state index contributed by atoms with van der Waals surface area (Å²) in [5.41, 5.74) is 6.10. The molecule has 1 aromatic rings. The van der Waals surface area contributed by atoms with E-state index in [1.165, 1.54) is 0 Å². The maximum atomic E-state index is 10.2. The molecule has 0 aromatic heterocycles. The van der Waals surface area contributed by atoms with Crippen molar-refractivity contribution in [3.05, 3.63) is 28.2 Å². The lowest BCUT2D eigenvalue weighted by Crippen LogP contribution is -2.34. The first-order chi connectivity index (χ1) is 8.41. The van der Waals surface area contributed by atoms with Gasteiger partial charge in [0, 0.05) is 16.1 Å². The number of hydrogen-bond donors (Lipinski definition) is 2. The molecule has 0 aliphatic rings. The molecule has 0 fully saturated rings. The molecule has 1 atom stereocenters. The van der Waals surface area contributed by atoms with Crippen LogP contribution in [0, 0.1) is 0 Å². The fourth-order valence-electron chi connectivity index (χ4n) is 1.68. The fraction of sp³-hybridized carbons (Fsp3) is 0.571. The highest BCUT2D eigenvalue weighted by atomic mass is 79.9. The third-order valence-corrected chi connectivity index (χ3v) is 3.77. The molecule has 0 amide bonds. The summed E-state index contributed by atoms with van der Waals surface area (Å²) in [5.74, 6) is 0.736.